The Hall–Kier alpha value is -1.95. The summed E-state index contributed by atoms with van der Waals surface area (Å²) < 4.78 is 13.2. The summed E-state index contributed by atoms with van der Waals surface area (Å²) in [4.78, 5) is 22.9. The van der Waals surface area contributed by atoms with Gasteiger partial charge in [0.25, 0.3) is 0 Å². The van der Waals surface area contributed by atoms with Crippen LogP contribution in [-0.4, -0.2) is 29.6 Å². The van der Waals surface area contributed by atoms with Gasteiger partial charge in [-0.15, -0.1) is 0 Å². The number of aliphatic hydroxyl groups is 1. The molecule has 2 amide bonds. The molecule has 3 N–H and O–H groups in total. The Morgan fingerprint density at radius 2 is 2.00 bits per heavy atom. The minimum atomic E-state index is -0.966. The van der Waals surface area contributed by atoms with E-state index in [0.29, 0.717) is 6.42 Å². The second-order valence-corrected chi connectivity index (χ2v) is 3.70. The van der Waals surface area contributed by atoms with E-state index in [9.17, 15) is 14.0 Å². The smallest absolute Gasteiger partial charge is 0.313 e. The molecule has 0 spiro atoms. The highest BCUT2D eigenvalue weighted by atomic mass is 19.1. The highest BCUT2D eigenvalue weighted by Crippen LogP contribution is 2.11. The lowest BCUT2D eigenvalue weighted by atomic mass is 10.2. The first-order valence-electron chi connectivity index (χ1n) is 5.55. The normalized spacial score (nSPS) is 11.7. The third kappa shape index (κ3) is 3.81. The standard InChI is InChI=1S/C12H15FN2O3/c1-2-8(7-16)14-11(17)12(18)15-10-6-4-3-5-9(10)13/h3-6,8,16H,2,7H2,1H3,(H,14,17)(H,15,18)/t8-/m0/s1. The average molecular weight is 254 g/mol. The molecule has 0 bridgehead atoms. The van der Waals surface area contributed by atoms with E-state index in [1.54, 1.807) is 13.0 Å². The molecule has 1 atom stereocenters. The zero-order valence-corrected chi connectivity index (χ0v) is 9.94. The van der Waals surface area contributed by atoms with Gasteiger partial charge >= 0.3 is 11.8 Å². The molecule has 6 heteroatoms. The predicted molar refractivity (Wildman–Crippen MR) is 64.3 cm³/mol. The molecule has 0 saturated carbocycles. The Morgan fingerprint density at radius 1 is 1.33 bits per heavy atom. The molecule has 18 heavy (non-hydrogen) atoms. The molecule has 0 radical (unpaired) electrons. The minimum Gasteiger partial charge on any atom is -0.394 e. The van der Waals surface area contributed by atoms with Crippen molar-refractivity contribution >= 4 is 17.5 Å². The lowest BCUT2D eigenvalue weighted by molar-refractivity contribution is -0.136. The van der Waals surface area contributed by atoms with E-state index in [4.69, 9.17) is 5.11 Å². The van der Waals surface area contributed by atoms with E-state index in [1.165, 1.54) is 18.2 Å². The van der Waals surface area contributed by atoms with E-state index >= 15 is 0 Å². The fourth-order valence-corrected chi connectivity index (χ4v) is 1.27. The van der Waals surface area contributed by atoms with Gasteiger partial charge in [0.05, 0.1) is 18.3 Å². The van der Waals surface area contributed by atoms with Gasteiger partial charge in [0.15, 0.2) is 0 Å². The van der Waals surface area contributed by atoms with E-state index in [-0.39, 0.29) is 12.3 Å². The quantitative estimate of drug-likeness (QED) is 0.690. The first-order valence-corrected chi connectivity index (χ1v) is 5.55. The number of amides is 2. The summed E-state index contributed by atoms with van der Waals surface area (Å²) in [7, 11) is 0. The van der Waals surface area contributed by atoms with Crippen LogP contribution in [0.2, 0.25) is 0 Å². The summed E-state index contributed by atoms with van der Waals surface area (Å²) in [5, 5.41) is 13.4. The van der Waals surface area contributed by atoms with Crippen LogP contribution in [0.1, 0.15) is 13.3 Å². The number of hydrogen-bond acceptors (Lipinski definition) is 3. The number of halogens is 1. The molecule has 0 aliphatic heterocycles. The summed E-state index contributed by atoms with van der Waals surface area (Å²) in [6.07, 6.45) is 0.495. The number of benzene rings is 1. The largest absolute Gasteiger partial charge is 0.394 e. The van der Waals surface area contributed by atoms with Crippen LogP contribution in [0.25, 0.3) is 0 Å². The minimum absolute atomic E-state index is 0.0605. The van der Waals surface area contributed by atoms with E-state index in [0.717, 1.165) is 0 Å². The monoisotopic (exact) mass is 254 g/mol. The number of para-hydroxylation sites is 1. The highest BCUT2D eigenvalue weighted by molar-refractivity contribution is 6.39. The van der Waals surface area contributed by atoms with Crippen LogP contribution in [-0.2, 0) is 9.59 Å². The second kappa shape index (κ2) is 6.70. The van der Waals surface area contributed by atoms with Crippen LogP contribution < -0.4 is 10.6 Å². The van der Waals surface area contributed by atoms with Crippen LogP contribution in [0.15, 0.2) is 24.3 Å². The van der Waals surface area contributed by atoms with Gasteiger partial charge in [-0.1, -0.05) is 19.1 Å². The van der Waals surface area contributed by atoms with Gasteiger partial charge in [-0.3, -0.25) is 9.59 Å². The summed E-state index contributed by atoms with van der Waals surface area (Å²) in [6, 6.07) is 5.06. The predicted octanol–water partition coefficient (Wildman–Crippen LogP) is 0.651. The Kier molecular flexibility index (Phi) is 5.26. The summed E-state index contributed by atoms with van der Waals surface area (Å²) >= 11 is 0. The molecule has 1 rings (SSSR count). The van der Waals surface area contributed by atoms with Gasteiger partial charge in [0, 0.05) is 0 Å². The number of anilines is 1. The van der Waals surface area contributed by atoms with Gasteiger partial charge in [-0.25, -0.2) is 4.39 Å². The number of hydrogen-bond donors (Lipinski definition) is 3. The van der Waals surface area contributed by atoms with E-state index in [1.807, 2.05) is 0 Å². The van der Waals surface area contributed by atoms with Crippen LogP contribution >= 0.6 is 0 Å². The molecular weight excluding hydrogens is 239 g/mol. The Morgan fingerprint density at radius 3 is 2.56 bits per heavy atom. The number of aliphatic hydroxyl groups excluding tert-OH is 1. The van der Waals surface area contributed by atoms with E-state index in [2.05, 4.69) is 10.6 Å². The Balaban J connectivity index is 2.61. The van der Waals surface area contributed by atoms with Crippen LogP contribution in [0, 0.1) is 5.82 Å². The van der Waals surface area contributed by atoms with Crippen molar-refractivity contribution in [2.24, 2.45) is 0 Å². The molecule has 0 unspecified atom stereocenters. The zero-order valence-electron chi connectivity index (χ0n) is 9.94. The van der Waals surface area contributed by atoms with Crippen LogP contribution in [0.4, 0.5) is 10.1 Å². The van der Waals surface area contributed by atoms with Gasteiger partial charge in [-0.05, 0) is 18.6 Å². The number of rotatable bonds is 4. The van der Waals surface area contributed by atoms with Gasteiger partial charge in [0.1, 0.15) is 5.82 Å². The molecule has 0 heterocycles. The molecule has 5 nitrogen and oxygen atoms in total. The van der Waals surface area contributed by atoms with Crippen molar-refractivity contribution in [3.05, 3.63) is 30.1 Å². The van der Waals surface area contributed by atoms with Gasteiger partial charge in [0.2, 0.25) is 0 Å². The second-order valence-electron chi connectivity index (χ2n) is 3.70. The van der Waals surface area contributed by atoms with Crippen molar-refractivity contribution in [1.29, 1.82) is 0 Å². The summed E-state index contributed by atoms with van der Waals surface area (Å²) in [5.74, 6) is -2.49. The maximum atomic E-state index is 13.2. The molecule has 0 aromatic heterocycles. The van der Waals surface area contributed by atoms with Crippen molar-refractivity contribution in [3.8, 4) is 0 Å². The molecule has 1 aromatic carbocycles. The third-order valence-electron chi connectivity index (χ3n) is 2.38. The number of nitrogens with one attached hydrogen (secondary N) is 2. The Bertz CT molecular complexity index is 433. The van der Waals surface area contributed by atoms with Crippen molar-refractivity contribution < 1.29 is 19.1 Å². The molecule has 0 fully saturated rings. The topological polar surface area (TPSA) is 78.4 Å². The fourth-order valence-electron chi connectivity index (χ4n) is 1.27. The first-order chi connectivity index (χ1) is 8.58. The molecule has 1 aromatic rings. The van der Waals surface area contributed by atoms with Crippen LogP contribution in [0.3, 0.4) is 0 Å². The zero-order chi connectivity index (χ0) is 13.5. The molecule has 0 aliphatic carbocycles. The van der Waals surface area contributed by atoms with Crippen molar-refractivity contribution in [3.63, 3.8) is 0 Å². The van der Waals surface area contributed by atoms with Crippen molar-refractivity contribution in [2.75, 3.05) is 11.9 Å². The van der Waals surface area contributed by atoms with E-state index < -0.39 is 23.7 Å². The lowest BCUT2D eigenvalue weighted by Crippen LogP contribution is -2.43. The maximum Gasteiger partial charge on any atom is 0.313 e. The SMILES string of the molecule is CC[C@@H](CO)NC(=O)C(=O)Nc1ccccc1F. The van der Waals surface area contributed by atoms with Crippen molar-refractivity contribution in [1.82, 2.24) is 5.32 Å². The van der Waals surface area contributed by atoms with Gasteiger partial charge in [-0.2, -0.15) is 0 Å². The summed E-state index contributed by atoms with van der Waals surface area (Å²) in [6.45, 7) is 1.51. The third-order valence-corrected chi connectivity index (χ3v) is 2.38. The first kappa shape index (κ1) is 14.1. The number of carbonyl (C=O) groups excluding carboxylic acids is 2. The molecule has 0 aliphatic rings. The van der Waals surface area contributed by atoms with Gasteiger partial charge < -0.3 is 15.7 Å². The van der Waals surface area contributed by atoms with Crippen molar-refractivity contribution in [2.45, 2.75) is 19.4 Å². The summed E-state index contributed by atoms with van der Waals surface area (Å²) in [5.41, 5.74) is -0.0605. The lowest BCUT2D eigenvalue weighted by Gasteiger charge is -2.13. The molecule has 0 saturated heterocycles. The Labute approximate surface area is 104 Å². The molecule has 98 valence electrons. The highest BCUT2D eigenvalue weighted by Gasteiger charge is 2.18. The number of carbonyl (C=O) groups is 2. The average Bonchev–Trinajstić information content (AvgIpc) is 2.38. The molecular formula is C12H15FN2O3. The fraction of sp³-hybridized carbons (Fsp3) is 0.333. The van der Waals surface area contributed by atoms with Crippen LogP contribution in [0.5, 0.6) is 0 Å². The maximum absolute atomic E-state index is 13.2.